The van der Waals surface area contributed by atoms with Crippen molar-refractivity contribution in [3.8, 4) is 0 Å². The summed E-state index contributed by atoms with van der Waals surface area (Å²) in [5.41, 5.74) is 0.0650. The quantitative estimate of drug-likeness (QED) is 0.645. The largest absolute Gasteiger partial charge is 0.465 e. The summed E-state index contributed by atoms with van der Waals surface area (Å²) < 4.78 is 4.90. The molecule has 1 aliphatic carbocycles. The summed E-state index contributed by atoms with van der Waals surface area (Å²) in [5, 5.41) is 12.2. The molecule has 1 aliphatic rings. The molecule has 0 amide bonds. The smallest absolute Gasteiger partial charge is 0.319 e. The summed E-state index contributed by atoms with van der Waals surface area (Å²) in [6, 6.07) is 0. The Morgan fingerprint density at radius 3 is 2.69 bits per heavy atom. The summed E-state index contributed by atoms with van der Waals surface area (Å²) in [5.74, 6) is -0.183. The second-order valence-electron chi connectivity index (χ2n) is 4.47. The van der Waals surface area contributed by atoms with Crippen LogP contribution in [0.5, 0.6) is 0 Å². The number of ether oxygens (including phenoxy) is 1. The second kappa shape index (κ2) is 6.86. The lowest BCUT2D eigenvalue weighted by Gasteiger charge is -2.30. The molecule has 1 saturated carbocycles. The fourth-order valence-corrected chi connectivity index (χ4v) is 2.46. The highest BCUT2D eigenvalue weighted by Gasteiger charge is 2.33. The normalized spacial score (nSPS) is 18.6. The first-order valence-electron chi connectivity index (χ1n) is 6.24. The van der Waals surface area contributed by atoms with E-state index in [-0.39, 0.29) is 18.1 Å². The van der Waals surface area contributed by atoms with Crippen molar-refractivity contribution in [1.29, 1.82) is 0 Å². The van der Waals surface area contributed by atoms with Crippen LogP contribution < -0.4 is 5.32 Å². The van der Waals surface area contributed by atoms with Gasteiger partial charge in [-0.1, -0.05) is 12.8 Å². The summed E-state index contributed by atoms with van der Waals surface area (Å²) in [6.07, 6.45) is 6.38. The summed E-state index contributed by atoms with van der Waals surface area (Å²) in [7, 11) is 0. The van der Waals surface area contributed by atoms with E-state index in [9.17, 15) is 4.79 Å². The maximum Gasteiger partial charge on any atom is 0.319 e. The van der Waals surface area contributed by atoms with E-state index >= 15 is 0 Å². The molecule has 0 bridgehead atoms. The van der Waals surface area contributed by atoms with E-state index in [0.717, 1.165) is 25.7 Å². The lowest BCUT2D eigenvalue weighted by molar-refractivity contribution is -0.142. The lowest BCUT2D eigenvalue weighted by atomic mass is 9.91. The highest BCUT2D eigenvalue weighted by Crippen LogP contribution is 2.33. The molecule has 0 aliphatic heterocycles. The molecule has 0 unspecified atom stereocenters. The molecule has 0 saturated heterocycles. The van der Waals surface area contributed by atoms with Crippen molar-refractivity contribution in [2.75, 3.05) is 19.8 Å². The fourth-order valence-electron chi connectivity index (χ4n) is 2.46. The molecule has 2 N–H and O–H groups in total. The van der Waals surface area contributed by atoms with Crippen molar-refractivity contribution in [2.24, 2.45) is 0 Å². The van der Waals surface area contributed by atoms with Crippen molar-refractivity contribution >= 4 is 5.97 Å². The van der Waals surface area contributed by atoms with Gasteiger partial charge < -0.3 is 15.2 Å². The van der Waals surface area contributed by atoms with Crippen LogP contribution in [0.4, 0.5) is 0 Å². The van der Waals surface area contributed by atoms with Crippen LogP contribution in [0.2, 0.25) is 0 Å². The molecule has 0 aromatic heterocycles. The molecule has 1 fully saturated rings. The number of aliphatic hydroxyl groups excluding tert-OH is 1. The lowest BCUT2D eigenvalue weighted by Crippen LogP contribution is -2.45. The third-order valence-corrected chi connectivity index (χ3v) is 3.29. The van der Waals surface area contributed by atoms with Crippen molar-refractivity contribution in [2.45, 2.75) is 51.0 Å². The molecule has 0 aromatic carbocycles. The zero-order valence-corrected chi connectivity index (χ0v) is 10.1. The standard InChI is InChI=1S/C12H23NO3/c1-2-16-11(15)10-13-12(8-5-9-14)6-3-4-7-12/h13-14H,2-10H2,1H3. The predicted octanol–water partition coefficient (Wildman–Crippen LogP) is 1.22. The zero-order valence-electron chi connectivity index (χ0n) is 10.1. The monoisotopic (exact) mass is 229 g/mol. The number of hydrogen-bond acceptors (Lipinski definition) is 4. The van der Waals surface area contributed by atoms with Gasteiger partial charge in [0.25, 0.3) is 0 Å². The van der Waals surface area contributed by atoms with E-state index in [1.165, 1.54) is 12.8 Å². The molecule has 0 spiro atoms. The number of carbonyl (C=O) groups excluding carboxylic acids is 1. The third-order valence-electron chi connectivity index (χ3n) is 3.29. The molecular weight excluding hydrogens is 206 g/mol. The molecule has 4 nitrogen and oxygen atoms in total. The van der Waals surface area contributed by atoms with Crippen LogP contribution in [-0.4, -0.2) is 36.4 Å². The molecule has 1 rings (SSSR count). The Labute approximate surface area is 97.4 Å². The number of esters is 1. The Hall–Kier alpha value is -0.610. The Bertz CT molecular complexity index is 212. The Kier molecular flexibility index (Phi) is 5.77. The summed E-state index contributed by atoms with van der Waals surface area (Å²) in [4.78, 5) is 11.3. The van der Waals surface area contributed by atoms with Gasteiger partial charge in [-0.15, -0.1) is 0 Å². The number of carbonyl (C=O) groups is 1. The van der Waals surface area contributed by atoms with Crippen molar-refractivity contribution < 1.29 is 14.6 Å². The Morgan fingerprint density at radius 1 is 1.44 bits per heavy atom. The van der Waals surface area contributed by atoms with Gasteiger partial charge >= 0.3 is 5.97 Å². The fraction of sp³-hybridized carbons (Fsp3) is 0.917. The van der Waals surface area contributed by atoms with Crippen molar-refractivity contribution in [3.05, 3.63) is 0 Å². The van der Waals surface area contributed by atoms with E-state index < -0.39 is 0 Å². The molecule has 16 heavy (non-hydrogen) atoms. The van der Waals surface area contributed by atoms with Crippen LogP contribution in [0.15, 0.2) is 0 Å². The first-order valence-corrected chi connectivity index (χ1v) is 6.24. The average Bonchev–Trinajstić information content (AvgIpc) is 2.74. The number of rotatable bonds is 7. The molecule has 94 valence electrons. The van der Waals surface area contributed by atoms with Crippen LogP contribution >= 0.6 is 0 Å². The second-order valence-corrected chi connectivity index (χ2v) is 4.47. The average molecular weight is 229 g/mol. The van der Waals surface area contributed by atoms with Crippen LogP contribution in [0, 0.1) is 0 Å². The first kappa shape index (κ1) is 13.5. The minimum Gasteiger partial charge on any atom is -0.465 e. The molecular formula is C12H23NO3. The van der Waals surface area contributed by atoms with E-state index in [2.05, 4.69) is 5.32 Å². The SMILES string of the molecule is CCOC(=O)CNC1(CCCO)CCCC1. The van der Waals surface area contributed by atoms with Gasteiger partial charge in [0, 0.05) is 12.1 Å². The van der Waals surface area contributed by atoms with E-state index in [1.54, 1.807) is 0 Å². The maximum absolute atomic E-state index is 11.3. The molecule has 0 radical (unpaired) electrons. The Morgan fingerprint density at radius 2 is 2.12 bits per heavy atom. The van der Waals surface area contributed by atoms with Gasteiger partial charge in [-0.3, -0.25) is 4.79 Å². The molecule has 0 aromatic rings. The first-order chi connectivity index (χ1) is 7.72. The third kappa shape index (κ3) is 4.10. The predicted molar refractivity (Wildman–Crippen MR) is 62.2 cm³/mol. The van der Waals surface area contributed by atoms with Crippen LogP contribution in [0.1, 0.15) is 45.4 Å². The maximum atomic E-state index is 11.3. The minimum atomic E-state index is -0.183. The summed E-state index contributed by atoms with van der Waals surface area (Å²) >= 11 is 0. The van der Waals surface area contributed by atoms with Gasteiger partial charge in [0.1, 0.15) is 0 Å². The van der Waals surface area contributed by atoms with E-state index in [4.69, 9.17) is 9.84 Å². The van der Waals surface area contributed by atoms with Crippen LogP contribution in [0.25, 0.3) is 0 Å². The van der Waals surface area contributed by atoms with Gasteiger partial charge in [-0.05, 0) is 32.6 Å². The highest BCUT2D eigenvalue weighted by molar-refractivity contribution is 5.71. The van der Waals surface area contributed by atoms with Gasteiger partial charge in [0.2, 0.25) is 0 Å². The Balaban J connectivity index is 2.35. The van der Waals surface area contributed by atoms with Crippen LogP contribution in [-0.2, 0) is 9.53 Å². The number of aliphatic hydroxyl groups is 1. The van der Waals surface area contributed by atoms with Gasteiger partial charge in [-0.2, -0.15) is 0 Å². The van der Waals surface area contributed by atoms with Crippen LogP contribution in [0.3, 0.4) is 0 Å². The van der Waals surface area contributed by atoms with Crippen molar-refractivity contribution in [1.82, 2.24) is 5.32 Å². The highest BCUT2D eigenvalue weighted by atomic mass is 16.5. The van der Waals surface area contributed by atoms with E-state index in [0.29, 0.717) is 13.2 Å². The topological polar surface area (TPSA) is 58.6 Å². The molecule has 0 heterocycles. The van der Waals surface area contributed by atoms with Gasteiger partial charge in [0.05, 0.1) is 13.2 Å². The summed E-state index contributed by atoms with van der Waals surface area (Å²) in [6.45, 7) is 2.77. The van der Waals surface area contributed by atoms with Gasteiger partial charge in [0.15, 0.2) is 0 Å². The minimum absolute atomic E-state index is 0.0650. The zero-order chi connectivity index (χ0) is 11.9. The van der Waals surface area contributed by atoms with Gasteiger partial charge in [-0.25, -0.2) is 0 Å². The number of hydrogen-bond donors (Lipinski definition) is 2. The molecule has 0 atom stereocenters. The van der Waals surface area contributed by atoms with Crippen molar-refractivity contribution in [3.63, 3.8) is 0 Å². The van der Waals surface area contributed by atoms with E-state index in [1.807, 2.05) is 6.92 Å². The molecule has 4 heteroatoms. The number of nitrogens with one attached hydrogen (secondary N) is 1.